The molecule has 0 unspecified atom stereocenters. The molecule has 1 aromatic heterocycles. The lowest BCUT2D eigenvalue weighted by atomic mass is 9.83. The summed E-state index contributed by atoms with van der Waals surface area (Å²) in [5, 5.41) is 6.94. The number of halogens is 2. The van der Waals surface area contributed by atoms with E-state index in [-0.39, 0.29) is 12.0 Å². The van der Waals surface area contributed by atoms with Gasteiger partial charge in [-0.2, -0.15) is 0 Å². The molecule has 7 nitrogen and oxygen atoms in total. The Hall–Kier alpha value is -2.09. The fourth-order valence-electron chi connectivity index (χ4n) is 3.01. The largest absolute Gasteiger partial charge is 0.476 e. The monoisotopic (exact) mass is 438 g/mol. The minimum atomic E-state index is -0.0448. The van der Waals surface area contributed by atoms with Crippen LogP contribution in [0.15, 0.2) is 30.6 Å². The summed E-state index contributed by atoms with van der Waals surface area (Å²) in [6.07, 6.45) is 3.48. The van der Waals surface area contributed by atoms with Gasteiger partial charge in [-0.1, -0.05) is 35.3 Å². The number of benzene rings is 1. The van der Waals surface area contributed by atoms with Gasteiger partial charge in [-0.25, -0.2) is 9.97 Å². The van der Waals surface area contributed by atoms with Crippen molar-refractivity contribution in [3.05, 3.63) is 46.2 Å². The average Bonchev–Trinajstić information content (AvgIpc) is 2.65. The zero-order valence-corrected chi connectivity index (χ0v) is 17.7. The number of amides is 1. The van der Waals surface area contributed by atoms with Crippen LogP contribution < -0.4 is 15.4 Å². The maximum absolute atomic E-state index is 10.8. The van der Waals surface area contributed by atoms with Gasteiger partial charge in [-0.05, 0) is 36.5 Å². The predicted molar refractivity (Wildman–Crippen MR) is 112 cm³/mol. The van der Waals surface area contributed by atoms with Crippen molar-refractivity contribution in [2.75, 3.05) is 25.1 Å². The Labute approximate surface area is 180 Å². The molecule has 1 heterocycles. The zero-order valence-electron chi connectivity index (χ0n) is 16.2. The van der Waals surface area contributed by atoms with E-state index in [0.29, 0.717) is 54.0 Å². The molecule has 9 heteroatoms. The molecule has 0 radical (unpaired) electrons. The predicted octanol–water partition coefficient (Wildman–Crippen LogP) is 3.71. The maximum Gasteiger partial charge on any atom is 0.237 e. The van der Waals surface area contributed by atoms with Gasteiger partial charge < -0.3 is 20.1 Å². The summed E-state index contributed by atoms with van der Waals surface area (Å²) < 4.78 is 11.5. The Morgan fingerprint density at radius 1 is 1.28 bits per heavy atom. The van der Waals surface area contributed by atoms with Crippen LogP contribution >= 0.6 is 23.2 Å². The highest BCUT2D eigenvalue weighted by molar-refractivity contribution is 6.34. The highest BCUT2D eigenvalue weighted by Crippen LogP contribution is 2.33. The average molecular weight is 439 g/mol. The van der Waals surface area contributed by atoms with E-state index in [0.717, 1.165) is 18.4 Å². The van der Waals surface area contributed by atoms with Crippen molar-refractivity contribution >= 4 is 34.9 Å². The summed E-state index contributed by atoms with van der Waals surface area (Å²) in [5.74, 6) is 1.24. The van der Waals surface area contributed by atoms with E-state index in [1.54, 1.807) is 0 Å². The molecule has 1 fully saturated rings. The third kappa shape index (κ3) is 6.73. The lowest BCUT2D eigenvalue weighted by molar-refractivity contribution is -0.119. The smallest absolute Gasteiger partial charge is 0.237 e. The second-order valence-electron chi connectivity index (χ2n) is 6.95. The maximum atomic E-state index is 10.8. The summed E-state index contributed by atoms with van der Waals surface area (Å²) in [4.78, 5) is 19.1. The Morgan fingerprint density at radius 2 is 2.10 bits per heavy atom. The molecular weight excluding hydrogens is 415 g/mol. The zero-order chi connectivity index (χ0) is 20.6. The Morgan fingerprint density at radius 3 is 2.86 bits per heavy atom. The van der Waals surface area contributed by atoms with E-state index >= 15 is 0 Å². The van der Waals surface area contributed by atoms with Crippen molar-refractivity contribution in [2.45, 2.75) is 32.4 Å². The highest BCUT2D eigenvalue weighted by atomic mass is 35.5. The molecule has 29 heavy (non-hydrogen) atoms. The summed E-state index contributed by atoms with van der Waals surface area (Å²) in [6.45, 7) is 3.62. The van der Waals surface area contributed by atoms with E-state index in [1.807, 2.05) is 24.3 Å². The van der Waals surface area contributed by atoms with Crippen molar-refractivity contribution in [2.24, 2.45) is 5.92 Å². The number of aromatic nitrogens is 2. The van der Waals surface area contributed by atoms with Crippen LogP contribution in [-0.2, 0) is 16.1 Å². The third-order valence-electron chi connectivity index (χ3n) is 4.58. The molecule has 0 aliphatic heterocycles. The standard InChI is InChI=1S/C20H24Cl2N4O3/c1-13(27)23-5-6-28-17-8-15(9-17)11-29-20-18(22)19(25-12-26-20)24-10-14-3-2-4-16(21)7-14/h2-4,7,12,15,17H,5-6,8-11H2,1H3,(H,23,27)(H,24,25,26). The molecule has 2 N–H and O–H groups in total. The number of rotatable bonds is 10. The van der Waals surface area contributed by atoms with Crippen LogP contribution in [0.4, 0.5) is 5.82 Å². The van der Waals surface area contributed by atoms with Gasteiger partial charge in [0.15, 0.2) is 5.82 Å². The van der Waals surface area contributed by atoms with E-state index in [1.165, 1.54) is 13.3 Å². The topological polar surface area (TPSA) is 85.4 Å². The van der Waals surface area contributed by atoms with Crippen molar-refractivity contribution in [3.63, 3.8) is 0 Å². The summed E-state index contributed by atoms with van der Waals surface area (Å²) in [6, 6.07) is 7.57. The van der Waals surface area contributed by atoms with Gasteiger partial charge in [0.2, 0.25) is 11.8 Å². The molecule has 1 aromatic carbocycles. The Bertz CT molecular complexity index is 831. The molecule has 3 rings (SSSR count). The van der Waals surface area contributed by atoms with Gasteiger partial charge in [0.1, 0.15) is 11.3 Å². The first-order valence-corrected chi connectivity index (χ1v) is 10.2. The van der Waals surface area contributed by atoms with Gasteiger partial charge in [0, 0.05) is 25.0 Å². The lowest BCUT2D eigenvalue weighted by Gasteiger charge is -2.34. The van der Waals surface area contributed by atoms with Crippen LogP contribution in [0, 0.1) is 5.92 Å². The summed E-state index contributed by atoms with van der Waals surface area (Å²) in [5.41, 5.74) is 1.02. The molecule has 0 saturated heterocycles. The molecule has 0 spiro atoms. The van der Waals surface area contributed by atoms with E-state index in [4.69, 9.17) is 32.7 Å². The van der Waals surface area contributed by atoms with Crippen molar-refractivity contribution in [1.82, 2.24) is 15.3 Å². The van der Waals surface area contributed by atoms with Crippen LogP contribution in [0.3, 0.4) is 0 Å². The second kappa shape index (κ2) is 10.6. The van der Waals surface area contributed by atoms with Crippen molar-refractivity contribution in [1.29, 1.82) is 0 Å². The van der Waals surface area contributed by atoms with Crippen LogP contribution in [0.1, 0.15) is 25.3 Å². The quantitative estimate of drug-likeness (QED) is 0.549. The number of nitrogens with one attached hydrogen (secondary N) is 2. The summed E-state index contributed by atoms with van der Waals surface area (Å²) in [7, 11) is 0. The SMILES string of the molecule is CC(=O)NCCOC1CC(COc2ncnc(NCc3cccc(Cl)c3)c2Cl)C1. The number of hydrogen-bond donors (Lipinski definition) is 2. The van der Waals surface area contributed by atoms with Crippen LogP contribution in [0.5, 0.6) is 5.88 Å². The van der Waals surface area contributed by atoms with Gasteiger partial charge in [0.25, 0.3) is 0 Å². The first kappa shape index (κ1) is 21.6. The van der Waals surface area contributed by atoms with Crippen molar-refractivity contribution < 1.29 is 14.3 Å². The molecule has 1 saturated carbocycles. The second-order valence-corrected chi connectivity index (χ2v) is 7.76. The number of nitrogens with zero attached hydrogens (tertiary/aromatic N) is 2. The van der Waals surface area contributed by atoms with E-state index in [9.17, 15) is 4.79 Å². The molecule has 2 aromatic rings. The van der Waals surface area contributed by atoms with Gasteiger partial charge in [-0.15, -0.1) is 0 Å². The Balaban J connectivity index is 1.41. The van der Waals surface area contributed by atoms with Crippen LogP contribution in [0.25, 0.3) is 0 Å². The summed E-state index contributed by atoms with van der Waals surface area (Å²) >= 11 is 12.4. The number of anilines is 1. The fourth-order valence-corrected chi connectivity index (χ4v) is 3.44. The molecule has 1 aliphatic rings. The Kier molecular flexibility index (Phi) is 7.91. The fraction of sp³-hybridized carbons (Fsp3) is 0.450. The number of carbonyl (C=O) groups excluding carboxylic acids is 1. The molecule has 156 valence electrons. The third-order valence-corrected chi connectivity index (χ3v) is 5.16. The van der Waals surface area contributed by atoms with Gasteiger partial charge >= 0.3 is 0 Å². The van der Waals surface area contributed by atoms with E-state index in [2.05, 4.69) is 20.6 Å². The van der Waals surface area contributed by atoms with Crippen LogP contribution in [-0.4, -0.2) is 41.7 Å². The first-order chi connectivity index (χ1) is 14.0. The number of hydrogen-bond acceptors (Lipinski definition) is 6. The van der Waals surface area contributed by atoms with Gasteiger partial charge in [-0.3, -0.25) is 4.79 Å². The minimum Gasteiger partial charge on any atom is -0.476 e. The molecule has 0 bridgehead atoms. The molecule has 1 amide bonds. The first-order valence-electron chi connectivity index (χ1n) is 9.49. The molecule has 0 atom stereocenters. The van der Waals surface area contributed by atoms with Crippen LogP contribution in [0.2, 0.25) is 10.0 Å². The number of ether oxygens (including phenoxy) is 2. The normalized spacial score (nSPS) is 18.0. The van der Waals surface area contributed by atoms with Crippen molar-refractivity contribution in [3.8, 4) is 5.88 Å². The highest BCUT2D eigenvalue weighted by Gasteiger charge is 2.30. The minimum absolute atomic E-state index is 0.0448. The van der Waals surface area contributed by atoms with E-state index < -0.39 is 0 Å². The lowest BCUT2D eigenvalue weighted by Crippen LogP contribution is -2.37. The molecule has 1 aliphatic carbocycles. The number of carbonyl (C=O) groups is 1. The molecular formula is C20H24Cl2N4O3. The van der Waals surface area contributed by atoms with Gasteiger partial charge in [0.05, 0.1) is 19.3 Å².